The Labute approximate surface area is 303 Å². The monoisotopic (exact) mass is 725 g/mol. The number of carbonyl (C=O) groups excluding carboxylic acids is 2. The first-order valence-electron chi connectivity index (χ1n) is 19.1. The molecule has 0 radical (unpaired) electrons. The molecule has 1 amide bonds. The van der Waals surface area contributed by atoms with Crippen molar-refractivity contribution >= 4 is 40.3 Å². The molecule has 6 nitrogen and oxygen atoms in total. The molecule has 1 aliphatic carbocycles. The summed E-state index contributed by atoms with van der Waals surface area (Å²) in [6.45, 7) is 33.0. The number of rotatable bonds is 22. The van der Waals surface area contributed by atoms with Crippen LogP contribution in [0.1, 0.15) is 140 Å². The van der Waals surface area contributed by atoms with Crippen LogP contribution >= 0.6 is 11.8 Å². The molecule has 0 aromatic rings. The Morgan fingerprint density at radius 2 is 1.48 bits per heavy atom. The van der Waals surface area contributed by atoms with Gasteiger partial charge in [0.1, 0.15) is 5.76 Å². The largest absolute Gasteiger partial charge is 0.430 e. The maximum Gasteiger partial charge on any atom is 0.310 e. The molecule has 0 unspecified atom stereocenters. The van der Waals surface area contributed by atoms with Crippen LogP contribution in [-0.2, 0) is 23.2 Å². The summed E-state index contributed by atoms with van der Waals surface area (Å²) in [5, 5.41) is 0.190. The van der Waals surface area contributed by atoms with Gasteiger partial charge in [0.15, 0.2) is 16.6 Å². The zero-order valence-corrected chi connectivity index (χ0v) is 36.5. The van der Waals surface area contributed by atoms with Gasteiger partial charge in [-0.2, -0.15) is 0 Å². The van der Waals surface area contributed by atoms with E-state index in [1.54, 1.807) is 0 Å². The van der Waals surface area contributed by atoms with Crippen LogP contribution in [0.2, 0.25) is 36.3 Å². The van der Waals surface area contributed by atoms with Crippen molar-refractivity contribution in [2.24, 2.45) is 5.92 Å². The van der Waals surface area contributed by atoms with Gasteiger partial charge in [-0.15, -0.1) is 11.8 Å². The van der Waals surface area contributed by atoms with E-state index in [9.17, 15) is 9.59 Å². The minimum atomic E-state index is -2.12. The molecule has 0 aliphatic heterocycles. The molecule has 0 bridgehead atoms. The van der Waals surface area contributed by atoms with E-state index in [2.05, 4.69) is 86.8 Å². The van der Waals surface area contributed by atoms with Gasteiger partial charge >= 0.3 is 5.97 Å². The molecule has 0 aromatic carbocycles. The van der Waals surface area contributed by atoms with Crippen molar-refractivity contribution in [2.45, 2.75) is 188 Å². The Kier molecular flexibility index (Phi) is 19.6. The summed E-state index contributed by atoms with van der Waals surface area (Å²) in [6.07, 6.45) is 14.5. The Balaban J connectivity index is 3.41. The molecule has 0 saturated heterocycles. The number of amides is 1. The first-order valence-corrected chi connectivity index (χ1v) is 25.9. The number of ether oxygens (including phenoxy) is 1. The molecule has 9 heteroatoms. The molecule has 0 fully saturated rings. The van der Waals surface area contributed by atoms with Crippen molar-refractivity contribution in [1.82, 2.24) is 4.90 Å². The molecule has 280 valence electrons. The van der Waals surface area contributed by atoms with Gasteiger partial charge < -0.3 is 18.5 Å². The van der Waals surface area contributed by atoms with Gasteiger partial charge in [-0.3, -0.25) is 9.59 Å². The van der Waals surface area contributed by atoms with Crippen LogP contribution in [0.3, 0.4) is 0 Å². The molecule has 0 heterocycles. The zero-order valence-electron chi connectivity index (χ0n) is 33.7. The molecule has 0 aromatic heterocycles. The maximum atomic E-state index is 12.9. The van der Waals surface area contributed by atoms with Crippen molar-refractivity contribution in [2.75, 3.05) is 18.8 Å². The van der Waals surface area contributed by atoms with Crippen LogP contribution in [0.15, 0.2) is 22.8 Å². The fourth-order valence-corrected chi connectivity index (χ4v) is 9.29. The number of unbranched alkanes of at least 4 members (excludes halogenated alkanes) is 4. The van der Waals surface area contributed by atoms with Crippen molar-refractivity contribution in [1.29, 1.82) is 0 Å². The van der Waals surface area contributed by atoms with Crippen molar-refractivity contribution in [3.63, 3.8) is 0 Å². The van der Waals surface area contributed by atoms with Crippen LogP contribution < -0.4 is 0 Å². The third-order valence-corrected chi connectivity index (χ3v) is 20.9. The second-order valence-electron chi connectivity index (χ2n) is 16.7. The Morgan fingerprint density at radius 1 is 0.854 bits per heavy atom. The molecule has 0 spiro atoms. The van der Waals surface area contributed by atoms with E-state index >= 15 is 0 Å². The lowest BCUT2D eigenvalue weighted by atomic mass is 10.0. The number of nitrogens with zero attached hydrogens (tertiary/aromatic N) is 1. The topological polar surface area (TPSA) is 65.1 Å². The van der Waals surface area contributed by atoms with E-state index in [0.29, 0.717) is 19.3 Å². The zero-order chi connectivity index (χ0) is 36.8. The molecule has 0 saturated carbocycles. The molecular formula is C39H75NO5SSi2. The Hall–Kier alpha value is -0.876. The Bertz CT molecular complexity index is 1040. The molecular weight excluding hydrogens is 651 g/mol. The Morgan fingerprint density at radius 3 is 2.02 bits per heavy atom. The van der Waals surface area contributed by atoms with Gasteiger partial charge in [0.2, 0.25) is 5.91 Å². The highest BCUT2D eigenvalue weighted by Gasteiger charge is 2.45. The molecule has 1 aliphatic rings. The minimum Gasteiger partial charge on any atom is -0.430 e. The highest BCUT2D eigenvalue weighted by molar-refractivity contribution is 8.03. The summed E-state index contributed by atoms with van der Waals surface area (Å²) in [4.78, 5) is 28.4. The highest BCUT2D eigenvalue weighted by Crippen LogP contribution is 2.47. The summed E-state index contributed by atoms with van der Waals surface area (Å²) in [7, 11) is -4.11. The third-order valence-electron chi connectivity index (χ3n) is 10.6. The lowest BCUT2D eigenvalue weighted by Gasteiger charge is -2.40. The van der Waals surface area contributed by atoms with Crippen LogP contribution in [-0.4, -0.2) is 64.5 Å². The van der Waals surface area contributed by atoms with E-state index in [-0.39, 0.29) is 40.1 Å². The average Bonchev–Trinajstić information content (AvgIpc) is 3.27. The summed E-state index contributed by atoms with van der Waals surface area (Å²) in [5.74, 6) is 1.81. The van der Waals surface area contributed by atoms with Crippen LogP contribution in [0.25, 0.3) is 0 Å². The van der Waals surface area contributed by atoms with Crippen LogP contribution in [0.4, 0.5) is 0 Å². The number of hydrogen-bond donors (Lipinski definition) is 0. The average molecular weight is 726 g/mol. The quantitative estimate of drug-likeness (QED) is 0.0479. The number of esters is 1. The molecule has 48 heavy (non-hydrogen) atoms. The van der Waals surface area contributed by atoms with Gasteiger partial charge in [-0.05, 0) is 81.5 Å². The lowest BCUT2D eigenvalue weighted by molar-refractivity contribution is -0.139. The first kappa shape index (κ1) is 45.1. The minimum absolute atomic E-state index is 0.00878. The fraction of sp³-hybridized carbons (Fsp3) is 0.846. The summed E-state index contributed by atoms with van der Waals surface area (Å²) in [5.41, 5.74) is 0. The van der Waals surface area contributed by atoms with E-state index in [4.69, 9.17) is 13.6 Å². The standard InChI is InChI=1S/C39H75NO5SSi2/c1-15-19-21-25-31(44-47(11,12)38(5,6)7)27-28-32-33(45-48(13,14)39(8,9)10)30-34(43-36(42)24-16-2)37(32)46-29-23-20-22-26-35(41)40(17-3)18-4/h27-28,31-33H,15-26,29-30H2,1-14H3/t31-,32-,33+/m0/s1. The van der Waals surface area contributed by atoms with Gasteiger partial charge in [0, 0.05) is 43.2 Å². The highest BCUT2D eigenvalue weighted by atomic mass is 32.2. The van der Waals surface area contributed by atoms with Gasteiger partial charge in [-0.1, -0.05) is 93.2 Å². The van der Waals surface area contributed by atoms with Gasteiger partial charge in [-0.25, -0.2) is 0 Å². The van der Waals surface area contributed by atoms with E-state index in [0.717, 1.165) is 68.0 Å². The number of carbonyl (C=O) groups is 2. The SMILES string of the molecule is CCCCC[C@@H](C=C[C@@H]1C(SCCCCCC(=O)N(CC)CC)=C(OC(=O)CCC)C[C@H]1O[Si](C)(C)C(C)(C)C)O[Si](C)(C)C(C)(C)C. The van der Waals surface area contributed by atoms with Crippen LogP contribution in [0, 0.1) is 5.92 Å². The third kappa shape index (κ3) is 14.8. The molecule has 3 atom stereocenters. The normalized spacial score (nSPS) is 18.5. The van der Waals surface area contributed by atoms with Gasteiger partial charge in [0.25, 0.3) is 0 Å². The smallest absolute Gasteiger partial charge is 0.310 e. The lowest BCUT2D eigenvalue weighted by Crippen LogP contribution is -2.45. The fourth-order valence-electron chi connectivity index (χ4n) is 5.37. The summed E-state index contributed by atoms with van der Waals surface area (Å²) < 4.78 is 20.3. The van der Waals surface area contributed by atoms with Crippen molar-refractivity contribution in [3.05, 3.63) is 22.8 Å². The van der Waals surface area contributed by atoms with E-state index in [1.165, 1.54) is 12.8 Å². The number of thioether (sulfide) groups is 1. The maximum absolute atomic E-state index is 12.9. The number of hydrogen-bond acceptors (Lipinski definition) is 6. The predicted molar refractivity (Wildman–Crippen MR) is 212 cm³/mol. The van der Waals surface area contributed by atoms with Crippen molar-refractivity contribution in [3.8, 4) is 0 Å². The predicted octanol–water partition coefficient (Wildman–Crippen LogP) is 11.6. The van der Waals surface area contributed by atoms with Crippen molar-refractivity contribution < 1.29 is 23.2 Å². The second kappa shape index (κ2) is 20.8. The molecule has 0 N–H and O–H groups in total. The summed E-state index contributed by atoms with van der Waals surface area (Å²) in [6, 6.07) is 0. The van der Waals surface area contributed by atoms with Gasteiger partial charge in [0.05, 0.1) is 12.2 Å². The van der Waals surface area contributed by atoms with Crippen LogP contribution in [0.5, 0.6) is 0 Å². The first-order chi connectivity index (χ1) is 22.2. The second-order valence-corrected chi connectivity index (χ2v) is 27.3. The van der Waals surface area contributed by atoms with E-state index < -0.39 is 16.6 Å². The molecule has 1 rings (SSSR count). The summed E-state index contributed by atoms with van der Waals surface area (Å²) >= 11 is 1.82. The van der Waals surface area contributed by atoms with E-state index in [1.807, 2.05) is 37.4 Å².